The number of hydrogen-bond donors (Lipinski definition) is 1. The second-order valence-corrected chi connectivity index (χ2v) is 7.66. The summed E-state index contributed by atoms with van der Waals surface area (Å²) >= 11 is 1.67. The summed E-state index contributed by atoms with van der Waals surface area (Å²) in [6.07, 6.45) is 7.98. The van der Waals surface area contributed by atoms with E-state index < -0.39 is 0 Å². The van der Waals surface area contributed by atoms with E-state index in [2.05, 4.69) is 18.3 Å². The minimum atomic E-state index is -0.0487. The molecule has 1 aliphatic carbocycles. The lowest BCUT2D eigenvalue weighted by Gasteiger charge is -2.31. The third-order valence-electron chi connectivity index (χ3n) is 5.22. The molecule has 0 spiro atoms. The van der Waals surface area contributed by atoms with Crippen molar-refractivity contribution in [3.8, 4) is 0 Å². The first-order valence-electron chi connectivity index (χ1n) is 8.42. The van der Waals surface area contributed by atoms with E-state index in [-0.39, 0.29) is 5.82 Å². The van der Waals surface area contributed by atoms with Crippen molar-refractivity contribution in [1.29, 1.82) is 0 Å². The van der Waals surface area contributed by atoms with E-state index in [4.69, 9.17) is 0 Å². The summed E-state index contributed by atoms with van der Waals surface area (Å²) in [5.41, 5.74) is 1.17. The van der Waals surface area contributed by atoms with Crippen LogP contribution in [0.4, 0.5) is 4.39 Å². The summed E-state index contributed by atoms with van der Waals surface area (Å²) in [4.78, 5) is 0.871. The fraction of sp³-hybridized carbons (Fsp3) is 0.667. The molecule has 1 heterocycles. The molecule has 1 unspecified atom stereocenters. The molecule has 3 rings (SSSR count). The van der Waals surface area contributed by atoms with E-state index >= 15 is 0 Å². The topological polar surface area (TPSA) is 12.0 Å². The Morgan fingerprint density at radius 1 is 1.14 bits per heavy atom. The zero-order valence-electron chi connectivity index (χ0n) is 12.9. The fourth-order valence-corrected chi connectivity index (χ4v) is 4.89. The molecule has 1 saturated carbocycles. The Bertz CT molecular complexity index is 468. The Hall–Kier alpha value is -0.540. The van der Waals surface area contributed by atoms with Crippen LogP contribution in [0.25, 0.3) is 0 Å². The molecule has 1 nitrogen and oxygen atoms in total. The average Bonchev–Trinajstić information content (AvgIpc) is 2.54. The van der Waals surface area contributed by atoms with Crippen LogP contribution in [0.5, 0.6) is 0 Å². The predicted molar refractivity (Wildman–Crippen MR) is 88.2 cm³/mol. The highest BCUT2D eigenvalue weighted by Crippen LogP contribution is 2.38. The summed E-state index contributed by atoms with van der Waals surface area (Å²) in [7, 11) is 0. The molecule has 0 radical (unpaired) electrons. The van der Waals surface area contributed by atoms with E-state index in [1.807, 2.05) is 6.07 Å². The second-order valence-electron chi connectivity index (χ2n) is 6.55. The van der Waals surface area contributed by atoms with E-state index in [1.165, 1.54) is 37.7 Å². The van der Waals surface area contributed by atoms with Gasteiger partial charge in [0.1, 0.15) is 5.82 Å². The SMILES string of the molecule is CCC1CCC(CNC2CCSc3c(F)cccc32)CC1. The van der Waals surface area contributed by atoms with E-state index in [0.717, 1.165) is 35.4 Å². The average molecular weight is 307 g/mol. The zero-order valence-corrected chi connectivity index (χ0v) is 13.7. The van der Waals surface area contributed by atoms with Gasteiger partial charge in [-0.3, -0.25) is 0 Å². The maximum absolute atomic E-state index is 13.9. The zero-order chi connectivity index (χ0) is 14.7. The summed E-state index contributed by atoms with van der Waals surface area (Å²) in [5.74, 6) is 2.75. The minimum absolute atomic E-state index is 0.0487. The number of halogens is 1. The van der Waals surface area contributed by atoms with Crippen molar-refractivity contribution < 1.29 is 4.39 Å². The van der Waals surface area contributed by atoms with E-state index in [1.54, 1.807) is 17.8 Å². The van der Waals surface area contributed by atoms with Gasteiger partial charge in [0.15, 0.2) is 0 Å². The quantitative estimate of drug-likeness (QED) is 0.823. The number of rotatable bonds is 4. The molecule has 1 N–H and O–H groups in total. The van der Waals surface area contributed by atoms with Crippen LogP contribution in [0.2, 0.25) is 0 Å². The molecular formula is C18H26FNS. The van der Waals surface area contributed by atoms with Crippen LogP contribution < -0.4 is 5.32 Å². The molecule has 21 heavy (non-hydrogen) atoms. The second kappa shape index (κ2) is 7.15. The Balaban J connectivity index is 1.56. The highest BCUT2D eigenvalue weighted by molar-refractivity contribution is 7.99. The molecule has 0 saturated heterocycles. The summed E-state index contributed by atoms with van der Waals surface area (Å²) in [6.45, 7) is 3.41. The molecule has 3 heteroatoms. The molecule has 2 aliphatic rings. The first kappa shape index (κ1) is 15.4. The first-order valence-corrected chi connectivity index (χ1v) is 9.41. The lowest BCUT2D eigenvalue weighted by molar-refractivity contribution is 0.255. The van der Waals surface area contributed by atoms with Gasteiger partial charge in [-0.1, -0.05) is 38.3 Å². The van der Waals surface area contributed by atoms with Gasteiger partial charge >= 0.3 is 0 Å². The van der Waals surface area contributed by atoms with Crippen molar-refractivity contribution in [3.63, 3.8) is 0 Å². The van der Waals surface area contributed by atoms with Crippen molar-refractivity contribution in [2.75, 3.05) is 12.3 Å². The third kappa shape index (κ3) is 3.62. The molecule has 0 bridgehead atoms. The highest BCUT2D eigenvalue weighted by Gasteiger charge is 2.25. The Kier molecular flexibility index (Phi) is 5.23. The summed E-state index contributed by atoms with van der Waals surface area (Å²) in [6, 6.07) is 5.87. The van der Waals surface area contributed by atoms with Crippen molar-refractivity contribution in [2.45, 2.75) is 56.4 Å². The van der Waals surface area contributed by atoms with Gasteiger partial charge in [-0.25, -0.2) is 4.39 Å². The van der Waals surface area contributed by atoms with Gasteiger partial charge in [0.2, 0.25) is 0 Å². The van der Waals surface area contributed by atoms with Crippen molar-refractivity contribution in [1.82, 2.24) is 5.32 Å². The first-order chi connectivity index (χ1) is 10.3. The van der Waals surface area contributed by atoms with Crippen LogP contribution in [0.3, 0.4) is 0 Å². The smallest absolute Gasteiger partial charge is 0.137 e. The van der Waals surface area contributed by atoms with Crippen LogP contribution >= 0.6 is 11.8 Å². The van der Waals surface area contributed by atoms with Crippen molar-refractivity contribution >= 4 is 11.8 Å². The highest BCUT2D eigenvalue weighted by atomic mass is 32.2. The fourth-order valence-electron chi connectivity index (χ4n) is 3.75. The predicted octanol–water partition coefficient (Wildman–Crippen LogP) is 5.17. The molecule has 1 atom stereocenters. The number of hydrogen-bond acceptors (Lipinski definition) is 2. The van der Waals surface area contributed by atoms with Crippen molar-refractivity contribution in [2.24, 2.45) is 11.8 Å². The minimum Gasteiger partial charge on any atom is -0.310 e. The van der Waals surface area contributed by atoms with Gasteiger partial charge in [0.25, 0.3) is 0 Å². The molecule has 116 valence electrons. The Labute approximate surface area is 132 Å². The van der Waals surface area contributed by atoms with Crippen LogP contribution in [0, 0.1) is 17.7 Å². The molecule has 1 aliphatic heterocycles. The standard InChI is InChI=1S/C18H26FNS/c1-2-13-6-8-14(9-7-13)12-20-17-10-11-21-18-15(17)4-3-5-16(18)19/h3-5,13-14,17,20H,2,6-12H2,1H3. The maximum Gasteiger partial charge on any atom is 0.137 e. The van der Waals surface area contributed by atoms with Gasteiger partial charge < -0.3 is 5.32 Å². The van der Waals surface area contributed by atoms with Crippen molar-refractivity contribution in [3.05, 3.63) is 29.6 Å². The normalized spacial score (nSPS) is 29.1. The summed E-state index contributed by atoms with van der Waals surface area (Å²) < 4.78 is 13.9. The third-order valence-corrected chi connectivity index (χ3v) is 6.38. The van der Waals surface area contributed by atoms with Crippen LogP contribution in [-0.2, 0) is 0 Å². The molecule has 0 aromatic heterocycles. The largest absolute Gasteiger partial charge is 0.310 e. The van der Waals surface area contributed by atoms with Crippen LogP contribution in [-0.4, -0.2) is 12.3 Å². The monoisotopic (exact) mass is 307 g/mol. The van der Waals surface area contributed by atoms with Gasteiger partial charge in [-0.15, -0.1) is 11.8 Å². The maximum atomic E-state index is 13.9. The van der Waals surface area contributed by atoms with E-state index in [0.29, 0.717) is 6.04 Å². The summed E-state index contributed by atoms with van der Waals surface area (Å²) in [5, 5.41) is 3.73. The number of fused-ring (bicyclic) bond motifs is 1. The van der Waals surface area contributed by atoms with Crippen LogP contribution in [0.15, 0.2) is 23.1 Å². The molecule has 1 fully saturated rings. The Morgan fingerprint density at radius 3 is 2.67 bits per heavy atom. The Morgan fingerprint density at radius 2 is 1.90 bits per heavy atom. The molecule has 1 aromatic rings. The lowest BCUT2D eigenvalue weighted by Crippen LogP contribution is -2.31. The molecule has 1 aromatic carbocycles. The van der Waals surface area contributed by atoms with Gasteiger partial charge in [-0.2, -0.15) is 0 Å². The number of nitrogens with one attached hydrogen (secondary N) is 1. The molecule has 0 amide bonds. The molecular weight excluding hydrogens is 281 g/mol. The number of benzene rings is 1. The van der Waals surface area contributed by atoms with Gasteiger partial charge in [-0.05, 0) is 55.0 Å². The van der Waals surface area contributed by atoms with Gasteiger partial charge in [0.05, 0.1) is 0 Å². The van der Waals surface area contributed by atoms with Gasteiger partial charge in [0, 0.05) is 10.9 Å². The van der Waals surface area contributed by atoms with E-state index in [9.17, 15) is 4.39 Å². The van der Waals surface area contributed by atoms with Crippen LogP contribution in [0.1, 0.15) is 57.1 Å². The lowest BCUT2D eigenvalue weighted by atomic mass is 9.81. The number of thioether (sulfide) groups is 1.